The first-order valence-corrected chi connectivity index (χ1v) is 9.80. The molecule has 0 spiro atoms. The molecular formula is C19H18N8OS. The predicted molar refractivity (Wildman–Crippen MR) is 109 cm³/mol. The van der Waals surface area contributed by atoms with Crippen molar-refractivity contribution in [3.05, 3.63) is 66.3 Å². The van der Waals surface area contributed by atoms with Crippen LogP contribution in [0.1, 0.15) is 17.4 Å². The highest BCUT2D eigenvalue weighted by molar-refractivity contribution is 7.97. The third-order valence-electron chi connectivity index (χ3n) is 4.35. The lowest BCUT2D eigenvalue weighted by Crippen LogP contribution is -2.23. The van der Waals surface area contributed by atoms with Crippen molar-refractivity contribution in [2.24, 2.45) is 0 Å². The van der Waals surface area contributed by atoms with Gasteiger partial charge < -0.3 is 14.0 Å². The lowest BCUT2D eigenvalue weighted by atomic mass is 10.2. The van der Waals surface area contributed by atoms with Crippen molar-refractivity contribution in [1.82, 2.24) is 34.3 Å². The Kier molecular flexibility index (Phi) is 4.32. The number of fused-ring (bicyclic) bond motifs is 1. The standard InChI is InChI=1S/C19H18N8OS/c1-12-9-16(24-22-12)21-18-11-26(10-17-20-7-8-27(17)18)29-15-5-3-14(4-6-15)19-25-23-13(2)28-19/h3-9,11H,10H2,1-2H3,(H2,21,22,24). The van der Waals surface area contributed by atoms with Crippen molar-refractivity contribution >= 4 is 23.6 Å². The monoisotopic (exact) mass is 406 g/mol. The fourth-order valence-corrected chi connectivity index (χ4v) is 3.89. The molecular weight excluding hydrogens is 388 g/mol. The van der Waals surface area contributed by atoms with E-state index in [-0.39, 0.29) is 0 Å². The Morgan fingerprint density at radius 2 is 2.03 bits per heavy atom. The molecule has 29 heavy (non-hydrogen) atoms. The summed E-state index contributed by atoms with van der Waals surface area (Å²) in [5.41, 5.74) is 1.90. The van der Waals surface area contributed by atoms with Gasteiger partial charge in [0, 0.05) is 41.5 Å². The number of hydrogen-bond acceptors (Lipinski definition) is 8. The van der Waals surface area contributed by atoms with Crippen LogP contribution in [0.25, 0.3) is 17.3 Å². The molecule has 1 aliphatic rings. The van der Waals surface area contributed by atoms with Gasteiger partial charge in [-0.25, -0.2) is 4.98 Å². The van der Waals surface area contributed by atoms with Crippen molar-refractivity contribution in [2.45, 2.75) is 25.3 Å². The third-order valence-corrected chi connectivity index (χ3v) is 5.30. The summed E-state index contributed by atoms with van der Waals surface area (Å²) in [5.74, 6) is 3.69. The second kappa shape index (κ2) is 7.13. The first kappa shape index (κ1) is 17.6. The summed E-state index contributed by atoms with van der Waals surface area (Å²) < 4.78 is 9.65. The van der Waals surface area contributed by atoms with Crippen LogP contribution < -0.4 is 5.32 Å². The van der Waals surface area contributed by atoms with Crippen LogP contribution in [-0.4, -0.2) is 34.3 Å². The third kappa shape index (κ3) is 3.61. The molecule has 0 saturated carbocycles. The summed E-state index contributed by atoms with van der Waals surface area (Å²) >= 11 is 1.63. The number of aromatic nitrogens is 6. The van der Waals surface area contributed by atoms with E-state index in [1.165, 1.54) is 0 Å². The van der Waals surface area contributed by atoms with Gasteiger partial charge in [0.2, 0.25) is 11.8 Å². The number of hydrogen-bond donors (Lipinski definition) is 2. The minimum atomic E-state index is 0.528. The molecule has 0 aliphatic carbocycles. The molecule has 0 unspecified atom stereocenters. The van der Waals surface area contributed by atoms with Crippen LogP contribution in [0.3, 0.4) is 0 Å². The van der Waals surface area contributed by atoms with Crippen molar-refractivity contribution in [1.29, 1.82) is 0 Å². The van der Waals surface area contributed by atoms with Gasteiger partial charge in [-0.05, 0) is 43.1 Å². The van der Waals surface area contributed by atoms with Gasteiger partial charge >= 0.3 is 0 Å². The molecule has 10 heteroatoms. The second-order valence-corrected chi connectivity index (χ2v) is 7.73. The van der Waals surface area contributed by atoms with Crippen LogP contribution in [-0.2, 0) is 6.54 Å². The number of aryl methyl sites for hydroxylation is 2. The second-order valence-electron chi connectivity index (χ2n) is 6.61. The Labute approximate surface area is 171 Å². The van der Waals surface area contributed by atoms with Crippen molar-refractivity contribution in [2.75, 3.05) is 5.32 Å². The molecule has 1 aromatic carbocycles. The van der Waals surface area contributed by atoms with E-state index in [9.17, 15) is 0 Å². The maximum absolute atomic E-state index is 5.49. The van der Waals surface area contributed by atoms with Crippen LogP contribution in [0.4, 0.5) is 5.82 Å². The molecule has 4 aromatic rings. The predicted octanol–water partition coefficient (Wildman–Crippen LogP) is 3.66. The molecule has 0 bridgehead atoms. The number of H-pyrrole nitrogens is 1. The summed E-state index contributed by atoms with van der Waals surface area (Å²) in [6, 6.07) is 10.0. The van der Waals surface area contributed by atoms with Crippen LogP contribution in [0, 0.1) is 13.8 Å². The fourth-order valence-electron chi connectivity index (χ4n) is 3.03. The molecule has 0 amide bonds. The van der Waals surface area contributed by atoms with E-state index in [4.69, 9.17) is 4.42 Å². The van der Waals surface area contributed by atoms with E-state index in [1.807, 2.05) is 48.0 Å². The molecule has 9 nitrogen and oxygen atoms in total. The molecule has 0 saturated heterocycles. The number of anilines is 1. The summed E-state index contributed by atoms with van der Waals surface area (Å²) in [6.07, 6.45) is 5.80. The molecule has 2 N–H and O–H groups in total. The molecule has 4 heterocycles. The van der Waals surface area contributed by atoms with E-state index < -0.39 is 0 Å². The average molecular weight is 406 g/mol. The molecule has 0 fully saturated rings. The molecule has 146 valence electrons. The quantitative estimate of drug-likeness (QED) is 0.484. The zero-order chi connectivity index (χ0) is 19.8. The van der Waals surface area contributed by atoms with Crippen molar-refractivity contribution in [3.8, 4) is 11.5 Å². The van der Waals surface area contributed by atoms with E-state index in [1.54, 1.807) is 25.1 Å². The zero-order valence-corrected chi connectivity index (χ0v) is 16.6. The molecule has 3 aromatic heterocycles. The Morgan fingerprint density at radius 1 is 1.17 bits per heavy atom. The molecule has 0 radical (unpaired) electrons. The van der Waals surface area contributed by atoms with E-state index in [0.29, 0.717) is 18.3 Å². The maximum Gasteiger partial charge on any atom is 0.247 e. The summed E-state index contributed by atoms with van der Waals surface area (Å²) in [5, 5.41) is 18.5. The summed E-state index contributed by atoms with van der Waals surface area (Å²) in [7, 11) is 0. The maximum atomic E-state index is 5.49. The van der Waals surface area contributed by atoms with Gasteiger partial charge in [-0.2, -0.15) is 5.10 Å². The largest absolute Gasteiger partial charge is 0.421 e. The van der Waals surface area contributed by atoms with Gasteiger partial charge in [0.15, 0.2) is 5.82 Å². The SMILES string of the molecule is Cc1cc(NC2=CN(Sc3ccc(-c4nnc(C)o4)cc3)Cc3nccn32)n[nH]1. The number of rotatable bonds is 5. The molecule has 5 rings (SSSR count). The zero-order valence-electron chi connectivity index (χ0n) is 15.8. The minimum Gasteiger partial charge on any atom is -0.421 e. The Balaban J connectivity index is 1.36. The Hall–Kier alpha value is -3.53. The number of nitrogens with zero attached hydrogens (tertiary/aromatic N) is 6. The summed E-state index contributed by atoms with van der Waals surface area (Å²) in [6.45, 7) is 4.44. The van der Waals surface area contributed by atoms with Gasteiger partial charge in [-0.15, -0.1) is 10.2 Å². The van der Waals surface area contributed by atoms with E-state index in [0.717, 1.165) is 33.6 Å². The van der Waals surface area contributed by atoms with Crippen molar-refractivity contribution < 1.29 is 4.42 Å². The fraction of sp³-hybridized carbons (Fsp3) is 0.158. The number of aromatic amines is 1. The topological polar surface area (TPSA) is 101 Å². The van der Waals surface area contributed by atoms with Crippen LogP contribution in [0.2, 0.25) is 0 Å². The smallest absolute Gasteiger partial charge is 0.247 e. The molecule has 1 aliphatic heterocycles. The molecule has 0 atom stereocenters. The number of imidazole rings is 1. The normalized spacial score (nSPS) is 13.3. The van der Waals surface area contributed by atoms with Gasteiger partial charge in [-0.3, -0.25) is 9.67 Å². The Morgan fingerprint density at radius 3 is 2.76 bits per heavy atom. The lowest BCUT2D eigenvalue weighted by Gasteiger charge is -2.26. The highest BCUT2D eigenvalue weighted by Gasteiger charge is 2.19. The number of benzene rings is 1. The van der Waals surface area contributed by atoms with Gasteiger partial charge in [0.05, 0.1) is 12.7 Å². The first-order chi connectivity index (χ1) is 14.1. The van der Waals surface area contributed by atoms with E-state index in [2.05, 4.69) is 41.2 Å². The lowest BCUT2D eigenvalue weighted by molar-refractivity contribution is 0.532. The minimum absolute atomic E-state index is 0.528. The van der Waals surface area contributed by atoms with Crippen LogP contribution >= 0.6 is 11.9 Å². The Bertz CT molecular complexity index is 1170. The van der Waals surface area contributed by atoms with Crippen LogP contribution in [0.5, 0.6) is 0 Å². The average Bonchev–Trinajstić information content (AvgIpc) is 3.44. The number of nitrogens with one attached hydrogen (secondary N) is 2. The van der Waals surface area contributed by atoms with Crippen molar-refractivity contribution in [3.63, 3.8) is 0 Å². The highest BCUT2D eigenvalue weighted by atomic mass is 32.2. The van der Waals surface area contributed by atoms with Crippen LogP contribution in [0.15, 0.2) is 58.2 Å². The van der Waals surface area contributed by atoms with Gasteiger partial charge in [0.1, 0.15) is 11.6 Å². The summed E-state index contributed by atoms with van der Waals surface area (Å²) in [4.78, 5) is 5.57. The van der Waals surface area contributed by atoms with Gasteiger partial charge in [-0.1, -0.05) is 0 Å². The van der Waals surface area contributed by atoms with E-state index >= 15 is 0 Å². The van der Waals surface area contributed by atoms with Gasteiger partial charge in [0.25, 0.3) is 0 Å². The highest BCUT2D eigenvalue weighted by Crippen LogP contribution is 2.31. The first-order valence-electron chi connectivity index (χ1n) is 9.03.